The molecule has 3 fully saturated rings. The zero-order valence-corrected chi connectivity index (χ0v) is 23.2. The van der Waals surface area contributed by atoms with Gasteiger partial charge in [0, 0.05) is 6.04 Å². The molecule has 4 aliphatic carbocycles. The molecule has 0 spiro atoms. The molecule has 0 aliphatic heterocycles. The van der Waals surface area contributed by atoms with E-state index in [0.29, 0.717) is 33.1 Å². The Labute approximate surface area is 201 Å². The maximum Gasteiger partial charge on any atom is 0.00766 e. The van der Waals surface area contributed by atoms with E-state index in [4.69, 9.17) is 5.73 Å². The van der Waals surface area contributed by atoms with Crippen LogP contribution in [0.5, 0.6) is 0 Å². The van der Waals surface area contributed by atoms with Gasteiger partial charge < -0.3 is 5.73 Å². The molecule has 0 aromatic heterocycles. The number of nitrogens with two attached hydrogens (primary N) is 1. The van der Waals surface area contributed by atoms with Crippen molar-refractivity contribution in [2.45, 2.75) is 133 Å². The highest BCUT2D eigenvalue weighted by Gasteiger charge is 2.71. The molecule has 0 aromatic carbocycles. The predicted octanol–water partition coefficient (Wildman–Crippen LogP) is 9.08. The first-order chi connectivity index (χ1) is 14.8. The Balaban J connectivity index is 0.00000141. The smallest absolute Gasteiger partial charge is 0.00766 e. The quantitative estimate of drug-likeness (QED) is 0.432. The third-order valence-electron chi connectivity index (χ3n) is 12.5. The van der Waals surface area contributed by atoms with E-state index in [2.05, 4.69) is 61.1 Å². The molecule has 0 heterocycles. The zero-order valence-electron chi connectivity index (χ0n) is 23.2. The number of rotatable bonds is 4. The van der Waals surface area contributed by atoms with Crippen molar-refractivity contribution in [2.24, 2.45) is 44.6 Å². The summed E-state index contributed by atoms with van der Waals surface area (Å²) in [4.78, 5) is 0. The molecule has 0 amide bonds. The van der Waals surface area contributed by atoms with Gasteiger partial charge in [0.25, 0.3) is 0 Å². The van der Waals surface area contributed by atoms with Crippen LogP contribution >= 0.6 is 0 Å². The molecule has 184 valence electrons. The summed E-state index contributed by atoms with van der Waals surface area (Å²) in [5.41, 5.74) is 11.6. The van der Waals surface area contributed by atoms with E-state index in [1.165, 1.54) is 63.4 Å². The van der Waals surface area contributed by atoms with Crippen molar-refractivity contribution in [1.29, 1.82) is 0 Å². The van der Waals surface area contributed by atoms with Gasteiger partial charge in [0.15, 0.2) is 0 Å². The standard InChI is InChI=1S/C29H49N.C2H6/c1-20(2)9-10-21(3)25(4)15-16-28(7)24-12-11-22-19-23(30)13-14-26(22,5)27(24,6)17-18-29(25,28)8;1-2/h11,21,23-24H,1,9-10,12-19,30H2,2-8H3;1-2H3/t21-,23?,24?,25-,26?,27+,28+,29?;/m1./s1. The van der Waals surface area contributed by atoms with E-state index in [0.717, 1.165) is 18.3 Å². The molecule has 2 N–H and O–H groups in total. The first-order valence-corrected chi connectivity index (χ1v) is 13.9. The van der Waals surface area contributed by atoms with Crippen LogP contribution in [0.4, 0.5) is 0 Å². The van der Waals surface area contributed by atoms with E-state index in [1.54, 1.807) is 5.57 Å². The average Bonchev–Trinajstić information content (AvgIpc) is 2.97. The molecule has 1 heteroatoms. The summed E-state index contributed by atoms with van der Waals surface area (Å²) in [6.45, 7) is 26.3. The minimum Gasteiger partial charge on any atom is -0.327 e. The van der Waals surface area contributed by atoms with Crippen LogP contribution in [-0.4, -0.2) is 6.04 Å². The van der Waals surface area contributed by atoms with Crippen molar-refractivity contribution < 1.29 is 0 Å². The van der Waals surface area contributed by atoms with Gasteiger partial charge in [0.2, 0.25) is 0 Å². The normalized spacial score (nSPS) is 48.4. The SMILES string of the molecule is C=C(C)CC[C@@H](C)[C@@]1(C)CC[C@@]2(C)C3CC=C4CC(N)CCC4(C)[C@@]3(C)CCC21C.CC. The maximum absolute atomic E-state index is 6.42. The monoisotopic (exact) mass is 441 g/mol. The van der Waals surface area contributed by atoms with Gasteiger partial charge >= 0.3 is 0 Å². The molecule has 0 aromatic rings. The Hall–Kier alpha value is -0.560. The van der Waals surface area contributed by atoms with Crippen molar-refractivity contribution in [3.8, 4) is 0 Å². The Morgan fingerprint density at radius 3 is 2.28 bits per heavy atom. The lowest BCUT2D eigenvalue weighted by atomic mass is 9.35. The number of allylic oxidation sites excluding steroid dienone is 2. The van der Waals surface area contributed by atoms with Crippen LogP contribution in [0.25, 0.3) is 0 Å². The maximum atomic E-state index is 6.42. The van der Waals surface area contributed by atoms with Crippen molar-refractivity contribution in [2.75, 3.05) is 0 Å². The Bertz CT molecular complexity index is 750. The van der Waals surface area contributed by atoms with Crippen LogP contribution in [0.15, 0.2) is 23.8 Å². The van der Waals surface area contributed by atoms with E-state index < -0.39 is 0 Å². The van der Waals surface area contributed by atoms with Gasteiger partial charge in [-0.2, -0.15) is 0 Å². The fraction of sp³-hybridized carbons (Fsp3) is 0.871. The third-order valence-corrected chi connectivity index (χ3v) is 12.5. The molecule has 4 aliphatic rings. The Morgan fingerprint density at radius 2 is 1.66 bits per heavy atom. The second-order valence-corrected chi connectivity index (χ2v) is 13.3. The Morgan fingerprint density at radius 1 is 1.03 bits per heavy atom. The first-order valence-electron chi connectivity index (χ1n) is 13.9. The Kier molecular flexibility index (Phi) is 6.99. The van der Waals surface area contributed by atoms with Crippen molar-refractivity contribution >= 4 is 0 Å². The summed E-state index contributed by atoms with van der Waals surface area (Å²) in [6, 6.07) is 0.387. The molecule has 4 rings (SSSR count). The molecule has 1 nitrogen and oxygen atoms in total. The van der Waals surface area contributed by atoms with E-state index in [9.17, 15) is 0 Å². The van der Waals surface area contributed by atoms with Crippen LogP contribution in [0.2, 0.25) is 0 Å². The summed E-state index contributed by atoms with van der Waals surface area (Å²) in [5.74, 6) is 1.57. The van der Waals surface area contributed by atoms with E-state index >= 15 is 0 Å². The molecule has 0 radical (unpaired) electrons. The molecule has 32 heavy (non-hydrogen) atoms. The summed E-state index contributed by atoms with van der Waals surface area (Å²) in [5, 5.41) is 0. The molecular formula is C31H55N. The van der Waals surface area contributed by atoms with Crippen LogP contribution in [0.1, 0.15) is 127 Å². The summed E-state index contributed by atoms with van der Waals surface area (Å²) in [7, 11) is 0. The first kappa shape index (κ1) is 26.1. The number of hydrogen-bond donors (Lipinski definition) is 1. The second kappa shape index (κ2) is 8.58. The van der Waals surface area contributed by atoms with Gasteiger partial charge in [-0.3, -0.25) is 0 Å². The minimum atomic E-state index is 0.362. The van der Waals surface area contributed by atoms with E-state index in [1.807, 2.05) is 13.8 Å². The fourth-order valence-corrected chi connectivity index (χ4v) is 9.46. The van der Waals surface area contributed by atoms with Gasteiger partial charge in [0.05, 0.1) is 0 Å². The molecule has 3 saturated carbocycles. The summed E-state index contributed by atoms with van der Waals surface area (Å²) < 4.78 is 0. The second-order valence-electron chi connectivity index (χ2n) is 13.3. The largest absolute Gasteiger partial charge is 0.327 e. The molecule has 0 saturated heterocycles. The van der Waals surface area contributed by atoms with Crippen LogP contribution in [0.3, 0.4) is 0 Å². The minimum absolute atomic E-state index is 0.362. The van der Waals surface area contributed by atoms with Gasteiger partial charge in [-0.1, -0.05) is 72.6 Å². The topological polar surface area (TPSA) is 26.0 Å². The van der Waals surface area contributed by atoms with Crippen molar-refractivity contribution in [1.82, 2.24) is 0 Å². The lowest BCUT2D eigenvalue weighted by molar-refractivity contribution is -0.180. The number of hydrogen-bond acceptors (Lipinski definition) is 1. The van der Waals surface area contributed by atoms with Crippen LogP contribution < -0.4 is 5.73 Å². The lowest BCUT2D eigenvalue weighted by Crippen LogP contribution is -2.62. The van der Waals surface area contributed by atoms with E-state index in [-0.39, 0.29) is 0 Å². The molecular weight excluding hydrogens is 386 g/mol. The third kappa shape index (κ3) is 3.34. The van der Waals surface area contributed by atoms with Crippen molar-refractivity contribution in [3.63, 3.8) is 0 Å². The van der Waals surface area contributed by atoms with Gasteiger partial charge in [-0.05, 0) is 110 Å². The molecule has 4 unspecified atom stereocenters. The predicted molar refractivity (Wildman–Crippen MR) is 142 cm³/mol. The average molecular weight is 442 g/mol. The van der Waals surface area contributed by atoms with Crippen molar-refractivity contribution in [3.05, 3.63) is 23.8 Å². The highest BCUT2D eigenvalue weighted by molar-refractivity contribution is 5.31. The van der Waals surface area contributed by atoms with Gasteiger partial charge in [0.1, 0.15) is 0 Å². The number of fused-ring (bicyclic) bond motifs is 5. The van der Waals surface area contributed by atoms with Crippen LogP contribution in [-0.2, 0) is 0 Å². The molecule has 8 atom stereocenters. The van der Waals surface area contributed by atoms with Gasteiger partial charge in [-0.15, -0.1) is 6.58 Å². The fourth-order valence-electron chi connectivity index (χ4n) is 9.46. The highest BCUT2D eigenvalue weighted by atomic mass is 14.8. The van der Waals surface area contributed by atoms with Crippen LogP contribution in [0, 0.1) is 38.9 Å². The highest BCUT2D eigenvalue weighted by Crippen LogP contribution is 2.79. The lowest BCUT2D eigenvalue weighted by Gasteiger charge is -2.69. The zero-order chi connectivity index (χ0) is 24.2. The molecule has 0 bridgehead atoms. The summed E-state index contributed by atoms with van der Waals surface area (Å²) in [6.07, 6.45) is 15.7. The van der Waals surface area contributed by atoms with Gasteiger partial charge in [-0.25, -0.2) is 0 Å². The summed E-state index contributed by atoms with van der Waals surface area (Å²) >= 11 is 0.